The number of fused-ring (bicyclic) bond motifs is 1. The molecule has 11 nitrogen and oxygen atoms in total. The first-order valence-corrected chi connectivity index (χ1v) is 18.3. The van der Waals surface area contributed by atoms with Gasteiger partial charge in [0.15, 0.2) is 0 Å². The Bertz CT molecular complexity index is 2090. The van der Waals surface area contributed by atoms with Crippen molar-refractivity contribution in [2.45, 2.75) is 50.6 Å². The molecule has 1 aromatic heterocycles. The van der Waals surface area contributed by atoms with Crippen LogP contribution in [0.3, 0.4) is 0 Å². The summed E-state index contributed by atoms with van der Waals surface area (Å²) in [5.41, 5.74) is 3.36. The number of hydrogen-bond acceptors (Lipinski definition) is 8. The summed E-state index contributed by atoms with van der Waals surface area (Å²) in [5, 5.41) is 6.69. The summed E-state index contributed by atoms with van der Waals surface area (Å²) < 4.78 is 46.8. The van der Waals surface area contributed by atoms with Gasteiger partial charge < -0.3 is 19.5 Å². The molecule has 3 aliphatic heterocycles. The van der Waals surface area contributed by atoms with Gasteiger partial charge in [-0.25, -0.2) is 0 Å². The minimum absolute atomic E-state index is 0.0481. The number of benzene rings is 3. The van der Waals surface area contributed by atoms with Crippen molar-refractivity contribution in [2.24, 2.45) is 7.05 Å². The van der Waals surface area contributed by atoms with Gasteiger partial charge in [0.2, 0.25) is 17.7 Å². The number of carbonyl (C=O) groups is 3. The van der Waals surface area contributed by atoms with Crippen LogP contribution in [0.4, 0.5) is 18.9 Å². The fourth-order valence-electron chi connectivity index (χ4n) is 7.71. The maximum atomic E-state index is 13.6. The van der Waals surface area contributed by atoms with E-state index in [1.807, 2.05) is 21.9 Å². The highest BCUT2D eigenvalue weighted by Gasteiger charge is 2.33. The summed E-state index contributed by atoms with van der Waals surface area (Å²) >= 11 is 0. The van der Waals surface area contributed by atoms with Crippen LogP contribution in [-0.2, 0) is 28.0 Å². The lowest BCUT2D eigenvalue weighted by atomic mass is 9.89. The van der Waals surface area contributed by atoms with Crippen LogP contribution in [0, 0.1) is 0 Å². The summed E-state index contributed by atoms with van der Waals surface area (Å²) in [6.07, 6.45) is -0.642. The quantitative estimate of drug-likeness (QED) is 0.234. The van der Waals surface area contributed by atoms with Crippen molar-refractivity contribution in [2.75, 3.05) is 51.1 Å². The van der Waals surface area contributed by atoms with Gasteiger partial charge >= 0.3 is 6.36 Å². The van der Waals surface area contributed by atoms with Gasteiger partial charge in [-0.3, -0.25) is 34.3 Å². The lowest BCUT2D eigenvalue weighted by Crippen LogP contribution is -2.51. The van der Waals surface area contributed by atoms with Crippen LogP contribution in [0.5, 0.6) is 5.75 Å². The molecule has 3 aromatic carbocycles. The second kappa shape index (κ2) is 15.6. The number of likely N-dealkylation sites (tertiary alicyclic amines) is 1. The molecule has 1 unspecified atom stereocenters. The number of rotatable bonds is 9. The number of nitrogens with one attached hydrogen (secondary N) is 2. The van der Waals surface area contributed by atoms with Crippen molar-refractivity contribution in [1.29, 1.82) is 0 Å². The molecule has 1 atom stereocenters. The van der Waals surface area contributed by atoms with Crippen LogP contribution < -0.4 is 20.9 Å². The first kappa shape index (κ1) is 37.1. The number of anilines is 1. The van der Waals surface area contributed by atoms with Gasteiger partial charge in [0, 0.05) is 74.6 Å². The van der Waals surface area contributed by atoms with Crippen molar-refractivity contribution in [3.8, 4) is 16.9 Å². The van der Waals surface area contributed by atoms with Crippen molar-refractivity contribution < 1.29 is 32.3 Å². The second-order valence-electron chi connectivity index (χ2n) is 14.4. The minimum atomic E-state index is -4.89. The van der Waals surface area contributed by atoms with E-state index in [9.17, 15) is 32.3 Å². The summed E-state index contributed by atoms with van der Waals surface area (Å²) in [7, 11) is 1.61. The van der Waals surface area contributed by atoms with E-state index in [-0.39, 0.29) is 35.6 Å². The van der Waals surface area contributed by atoms with Crippen LogP contribution in [0.15, 0.2) is 77.7 Å². The van der Waals surface area contributed by atoms with Crippen LogP contribution in [0.2, 0.25) is 0 Å². The molecule has 2 N–H and O–H groups in total. The standard InChI is InChI=1S/C40H43F3N6O5/c1-46-24-33(31-4-2-3-5-32(31)39(46)53)28-6-7-29(35(22-28)54-40(41,42)43)23-48-18-20-49(21-19-48)37(51)25-47-16-14-27(15-17-47)26-8-10-30(11-9-26)44-34-12-13-36(50)45-38(34)52/h2-11,22,24,27,34,44H,12-21,23,25H2,1H3,(H,45,50,52). The van der Waals surface area contributed by atoms with Gasteiger partial charge in [0.25, 0.3) is 5.56 Å². The third kappa shape index (κ3) is 8.60. The van der Waals surface area contributed by atoms with Gasteiger partial charge in [0.05, 0.1) is 6.54 Å². The van der Waals surface area contributed by atoms with Crippen LogP contribution in [0.25, 0.3) is 21.9 Å². The minimum Gasteiger partial charge on any atom is -0.405 e. The van der Waals surface area contributed by atoms with Crippen molar-refractivity contribution in [3.63, 3.8) is 0 Å². The molecule has 3 saturated heterocycles. The number of amides is 3. The maximum Gasteiger partial charge on any atom is 0.573 e. The van der Waals surface area contributed by atoms with Gasteiger partial charge in [-0.15, -0.1) is 13.2 Å². The molecule has 7 rings (SSSR count). The zero-order valence-electron chi connectivity index (χ0n) is 30.0. The number of imide groups is 1. The number of piperazine rings is 1. The molecule has 3 aliphatic rings. The highest BCUT2D eigenvalue weighted by Crippen LogP contribution is 2.35. The summed E-state index contributed by atoms with van der Waals surface area (Å²) in [5.74, 6) is -0.422. The number of ether oxygens (including phenoxy) is 1. The van der Waals surface area contributed by atoms with Gasteiger partial charge in [-0.2, -0.15) is 0 Å². The Morgan fingerprint density at radius 1 is 0.870 bits per heavy atom. The normalized spacial score (nSPS) is 19.2. The number of carbonyl (C=O) groups excluding carboxylic acids is 3. The van der Waals surface area contributed by atoms with Gasteiger partial charge in [0.1, 0.15) is 11.8 Å². The van der Waals surface area contributed by atoms with Gasteiger partial charge in [-0.1, -0.05) is 42.5 Å². The molecule has 54 heavy (non-hydrogen) atoms. The Morgan fingerprint density at radius 2 is 1.57 bits per heavy atom. The Balaban J connectivity index is 0.910. The smallest absolute Gasteiger partial charge is 0.405 e. The van der Waals surface area contributed by atoms with E-state index < -0.39 is 12.4 Å². The molecule has 4 heterocycles. The molecule has 0 bridgehead atoms. The summed E-state index contributed by atoms with van der Waals surface area (Å²) in [6, 6.07) is 19.4. The van der Waals surface area contributed by atoms with Crippen molar-refractivity contribution in [1.82, 2.24) is 24.6 Å². The number of aromatic nitrogens is 1. The largest absolute Gasteiger partial charge is 0.573 e. The number of nitrogens with zero attached hydrogens (tertiary/aromatic N) is 4. The molecule has 14 heteroatoms. The first-order valence-electron chi connectivity index (χ1n) is 18.3. The predicted octanol–water partition coefficient (Wildman–Crippen LogP) is 4.85. The van der Waals surface area contributed by atoms with E-state index in [0.29, 0.717) is 78.9 Å². The topological polar surface area (TPSA) is 116 Å². The zero-order valence-corrected chi connectivity index (χ0v) is 30.0. The van der Waals surface area contributed by atoms with E-state index in [4.69, 9.17) is 0 Å². The average Bonchev–Trinajstić information content (AvgIpc) is 3.15. The van der Waals surface area contributed by atoms with Crippen molar-refractivity contribution >= 4 is 34.2 Å². The number of alkyl halides is 3. The molecular formula is C40H43F3N6O5. The molecule has 0 spiro atoms. The van der Waals surface area contributed by atoms with E-state index in [2.05, 4.69) is 32.4 Å². The maximum absolute atomic E-state index is 13.6. The third-order valence-electron chi connectivity index (χ3n) is 10.7. The highest BCUT2D eigenvalue weighted by molar-refractivity contribution is 6.01. The number of aryl methyl sites for hydroxylation is 1. The molecule has 0 aliphatic carbocycles. The number of pyridine rings is 1. The van der Waals surface area contributed by atoms with Crippen LogP contribution in [0.1, 0.15) is 42.7 Å². The molecule has 0 saturated carbocycles. The third-order valence-corrected chi connectivity index (χ3v) is 10.7. The molecule has 3 amide bonds. The fraction of sp³-hybridized carbons (Fsp3) is 0.400. The molecule has 3 fully saturated rings. The Hall–Kier alpha value is -5.21. The monoisotopic (exact) mass is 744 g/mol. The predicted molar refractivity (Wildman–Crippen MR) is 198 cm³/mol. The van der Waals surface area contributed by atoms with Crippen LogP contribution in [-0.4, -0.2) is 95.2 Å². The second-order valence-corrected chi connectivity index (χ2v) is 14.4. The van der Waals surface area contributed by atoms with Crippen LogP contribution >= 0.6 is 0 Å². The van der Waals surface area contributed by atoms with E-state index in [0.717, 1.165) is 31.6 Å². The Morgan fingerprint density at radius 3 is 2.26 bits per heavy atom. The molecule has 0 radical (unpaired) electrons. The Labute approximate surface area is 310 Å². The van der Waals surface area contributed by atoms with Gasteiger partial charge in [-0.05, 0) is 79.0 Å². The number of halogens is 3. The summed E-state index contributed by atoms with van der Waals surface area (Å²) in [6.45, 7) is 4.12. The summed E-state index contributed by atoms with van der Waals surface area (Å²) in [4.78, 5) is 55.5. The molecular weight excluding hydrogens is 701 g/mol. The number of hydrogen-bond donors (Lipinski definition) is 2. The Kier molecular flexibility index (Phi) is 10.8. The van der Waals surface area contributed by atoms with E-state index in [1.165, 1.54) is 16.2 Å². The molecule has 284 valence electrons. The lowest BCUT2D eigenvalue weighted by Gasteiger charge is -2.37. The zero-order chi connectivity index (χ0) is 38.0. The SMILES string of the molecule is Cn1cc(-c2ccc(CN3CCN(C(=O)CN4CCC(c5ccc(NC6CCC(=O)NC6=O)cc5)CC4)CC3)c(OC(F)(F)F)c2)c2ccccc2c1=O. The number of piperidine rings is 2. The lowest BCUT2D eigenvalue weighted by molar-refractivity contribution is -0.275. The van der Waals surface area contributed by atoms with E-state index in [1.54, 1.807) is 49.6 Å². The molecule has 4 aromatic rings. The highest BCUT2D eigenvalue weighted by atomic mass is 19.4. The fourth-order valence-corrected chi connectivity index (χ4v) is 7.71. The first-order chi connectivity index (χ1) is 25.9. The van der Waals surface area contributed by atoms with E-state index >= 15 is 0 Å². The average molecular weight is 745 g/mol. The van der Waals surface area contributed by atoms with Crippen molar-refractivity contribution in [3.05, 3.63) is 94.4 Å².